The lowest BCUT2D eigenvalue weighted by Gasteiger charge is -2.33. The summed E-state index contributed by atoms with van der Waals surface area (Å²) in [7, 11) is 0. The molecule has 7 heteroatoms. The average Bonchev–Trinajstić information content (AvgIpc) is 3.21. The molecule has 0 spiro atoms. The number of nitrogens with one attached hydrogen (secondary N) is 2. The smallest absolute Gasteiger partial charge is 0.317 e. The number of pyridine rings is 1. The Balaban J connectivity index is 1.24. The third-order valence-corrected chi connectivity index (χ3v) is 6.53. The zero-order chi connectivity index (χ0) is 20.1. The minimum Gasteiger partial charge on any atom is -0.360 e. The summed E-state index contributed by atoms with van der Waals surface area (Å²) in [6.07, 6.45) is 11.9. The van der Waals surface area contributed by atoms with Crippen molar-refractivity contribution in [1.82, 2.24) is 20.2 Å². The highest BCUT2D eigenvalue weighted by molar-refractivity contribution is 5.79. The summed E-state index contributed by atoms with van der Waals surface area (Å²) in [6.45, 7) is 2.84. The Morgan fingerprint density at radius 1 is 1.28 bits per heavy atom. The quantitative estimate of drug-likeness (QED) is 0.599. The molecule has 2 N–H and O–H groups in total. The Bertz CT molecular complexity index is 880. The lowest BCUT2D eigenvalue weighted by Crippen LogP contribution is -2.45. The molecule has 1 saturated carbocycles. The molecule has 1 saturated heterocycles. The average molecular weight is 396 g/mol. The summed E-state index contributed by atoms with van der Waals surface area (Å²) in [4.78, 5) is 36.5. The van der Waals surface area contributed by atoms with Crippen molar-refractivity contribution < 1.29 is 9.59 Å². The molecule has 2 amide bonds. The first-order chi connectivity index (χ1) is 14.2. The van der Waals surface area contributed by atoms with Gasteiger partial charge in [-0.05, 0) is 67.6 Å². The van der Waals surface area contributed by atoms with Gasteiger partial charge in [-0.1, -0.05) is 6.42 Å². The molecule has 29 heavy (non-hydrogen) atoms. The summed E-state index contributed by atoms with van der Waals surface area (Å²) in [5, 5.41) is 3.14. The molecule has 2 atom stereocenters. The van der Waals surface area contributed by atoms with E-state index in [1.807, 2.05) is 17.2 Å². The van der Waals surface area contributed by atoms with Crippen LogP contribution in [-0.4, -0.2) is 53.2 Å². The number of likely N-dealkylation sites (tertiary alicyclic amines) is 1. The van der Waals surface area contributed by atoms with Crippen molar-refractivity contribution >= 4 is 23.1 Å². The van der Waals surface area contributed by atoms with Crippen molar-refractivity contribution in [1.29, 1.82) is 0 Å². The molecule has 2 aromatic heterocycles. The third kappa shape index (κ3) is 4.67. The van der Waals surface area contributed by atoms with E-state index < -0.39 is 0 Å². The van der Waals surface area contributed by atoms with Gasteiger partial charge in [0, 0.05) is 32.0 Å². The number of rotatable bonds is 5. The van der Waals surface area contributed by atoms with Crippen LogP contribution in [0.2, 0.25) is 0 Å². The molecular formula is C22H29N5O2. The second kappa shape index (κ2) is 9.23. The number of H-pyrrole nitrogens is 1. The van der Waals surface area contributed by atoms with Crippen LogP contribution in [0.3, 0.4) is 0 Å². The number of nitrogens with zero attached hydrogens (tertiary/aromatic N) is 3. The van der Waals surface area contributed by atoms with E-state index in [-0.39, 0.29) is 6.03 Å². The molecule has 2 aliphatic rings. The Labute approximate surface area is 171 Å². The largest absolute Gasteiger partial charge is 0.360 e. The van der Waals surface area contributed by atoms with E-state index in [2.05, 4.69) is 32.5 Å². The van der Waals surface area contributed by atoms with Crippen LogP contribution in [0.4, 0.5) is 4.79 Å². The second-order valence-electron chi connectivity index (χ2n) is 8.42. The number of aliphatic imine (C=N–C) groups is 1. The molecule has 3 heterocycles. The number of amides is 2. The number of hydrogen-bond donors (Lipinski definition) is 2. The Morgan fingerprint density at radius 3 is 2.93 bits per heavy atom. The summed E-state index contributed by atoms with van der Waals surface area (Å²) in [6, 6.07) is 4.04. The number of aromatic nitrogens is 2. The Hall–Kier alpha value is -2.66. The van der Waals surface area contributed by atoms with Crippen LogP contribution >= 0.6 is 0 Å². The summed E-state index contributed by atoms with van der Waals surface area (Å²) in [5.74, 6) is 1.38. The number of fused-ring (bicyclic) bond motifs is 1. The fraction of sp³-hybridized carbons (Fsp3) is 0.591. The van der Waals surface area contributed by atoms with E-state index in [1.165, 1.54) is 5.56 Å². The molecule has 0 aromatic carbocycles. The van der Waals surface area contributed by atoms with Gasteiger partial charge in [-0.2, -0.15) is 0 Å². The van der Waals surface area contributed by atoms with Crippen LogP contribution in [-0.2, 0) is 4.79 Å². The normalized spacial score (nSPS) is 23.0. The van der Waals surface area contributed by atoms with Crippen LogP contribution in [0.15, 0.2) is 29.5 Å². The fourth-order valence-electron chi connectivity index (χ4n) is 4.94. The maximum absolute atomic E-state index is 12.6. The molecule has 2 unspecified atom stereocenters. The van der Waals surface area contributed by atoms with Crippen LogP contribution < -0.4 is 5.32 Å². The molecule has 154 valence electrons. The standard InChI is InChI=1S/C22H29N5O2/c28-15-23-12-16-3-1-4-17(11-16)13-26-22(29)27-9-6-18(7-10-27)19-14-25-20-5-2-8-24-21(19)20/h2,5,8,14,16-18,25H,1,3-4,6-7,9-13H2,(H,26,29). The minimum atomic E-state index is 0.0496. The molecule has 2 fully saturated rings. The highest BCUT2D eigenvalue weighted by Crippen LogP contribution is 2.32. The van der Waals surface area contributed by atoms with Gasteiger partial charge < -0.3 is 15.2 Å². The molecular weight excluding hydrogens is 366 g/mol. The van der Waals surface area contributed by atoms with Gasteiger partial charge in [-0.3, -0.25) is 4.98 Å². The predicted molar refractivity (Wildman–Crippen MR) is 111 cm³/mol. The highest BCUT2D eigenvalue weighted by Gasteiger charge is 2.27. The molecule has 0 bridgehead atoms. The van der Waals surface area contributed by atoms with Gasteiger partial charge in [0.2, 0.25) is 6.08 Å². The zero-order valence-corrected chi connectivity index (χ0v) is 16.8. The monoisotopic (exact) mass is 395 g/mol. The van der Waals surface area contributed by atoms with E-state index in [9.17, 15) is 9.59 Å². The number of carbonyl (C=O) groups is 1. The Morgan fingerprint density at radius 2 is 2.10 bits per heavy atom. The maximum Gasteiger partial charge on any atom is 0.317 e. The zero-order valence-electron chi connectivity index (χ0n) is 16.8. The van der Waals surface area contributed by atoms with E-state index in [0.717, 1.165) is 62.6 Å². The van der Waals surface area contributed by atoms with E-state index >= 15 is 0 Å². The van der Waals surface area contributed by atoms with Crippen LogP contribution in [0.25, 0.3) is 11.0 Å². The third-order valence-electron chi connectivity index (χ3n) is 6.53. The molecule has 2 aromatic rings. The van der Waals surface area contributed by atoms with Crippen molar-refractivity contribution in [2.45, 2.75) is 44.4 Å². The Kier molecular flexibility index (Phi) is 6.25. The summed E-state index contributed by atoms with van der Waals surface area (Å²) >= 11 is 0. The molecule has 7 nitrogen and oxygen atoms in total. The van der Waals surface area contributed by atoms with E-state index in [4.69, 9.17) is 0 Å². The van der Waals surface area contributed by atoms with Crippen LogP contribution in [0, 0.1) is 11.8 Å². The number of aromatic amines is 1. The van der Waals surface area contributed by atoms with Gasteiger partial charge in [-0.15, -0.1) is 0 Å². The number of hydrogen-bond acceptors (Lipinski definition) is 4. The van der Waals surface area contributed by atoms with Gasteiger partial charge in [-0.25, -0.2) is 14.6 Å². The topological polar surface area (TPSA) is 90.5 Å². The first kappa shape index (κ1) is 19.6. The summed E-state index contributed by atoms with van der Waals surface area (Å²) < 4.78 is 0. The summed E-state index contributed by atoms with van der Waals surface area (Å²) in [5.41, 5.74) is 3.40. The maximum atomic E-state index is 12.6. The first-order valence-electron chi connectivity index (χ1n) is 10.7. The van der Waals surface area contributed by atoms with E-state index in [1.54, 1.807) is 6.08 Å². The van der Waals surface area contributed by atoms with Crippen molar-refractivity contribution in [2.24, 2.45) is 16.8 Å². The van der Waals surface area contributed by atoms with Crippen molar-refractivity contribution in [3.63, 3.8) is 0 Å². The van der Waals surface area contributed by atoms with Gasteiger partial charge in [0.1, 0.15) is 0 Å². The number of urea groups is 1. The van der Waals surface area contributed by atoms with Crippen molar-refractivity contribution in [3.8, 4) is 0 Å². The van der Waals surface area contributed by atoms with Gasteiger partial charge in [0.15, 0.2) is 0 Å². The molecule has 1 aliphatic heterocycles. The number of isocyanates is 1. The highest BCUT2D eigenvalue weighted by atomic mass is 16.2. The van der Waals surface area contributed by atoms with Gasteiger partial charge in [0.25, 0.3) is 0 Å². The first-order valence-corrected chi connectivity index (χ1v) is 10.7. The van der Waals surface area contributed by atoms with Crippen LogP contribution in [0.5, 0.6) is 0 Å². The predicted octanol–water partition coefficient (Wildman–Crippen LogP) is 3.59. The SMILES string of the molecule is O=C=NCC1CCCC(CNC(=O)N2CCC(c3c[nH]c4cccnc34)CC2)C1. The number of carbonyl (C=O) groups excluding carboxylic acids is 2. The van der Waals surface area contributed by atoms with Crippen molar-refractivity contribution in [3.05, 3.63) is 30.1 Å². The van der Waals surface area contributed by atoms with E-state index in [0.29, 0.717) is 30.8 Å². The second-order valence-corrected chi connectivity index (χ2v) is 8.42. The lowest BCUT2D eigenvalue weighted by molar-refractivity contribution is 0.176. The van der Waals surface area contributed by atoms with Crippen LogP contribution in [0.1, 0.15) is 50.0 Å². The van der Waals surface area contributed by atoms with Gasteiger partial charge >= 0.3 is 6.03 Å². The lowest BCUT2D eigenvalue weighted by atomic mass is 9.81. The fourth-order valence-corrected chi connectivity index (χ4v) is 4.94. The number of piperidine rings is 1. The van der Waals surface area contributed by atoms with Gasteiger partial charge in [0.05, 0.1) is 17.6 Å². The minimum absolute atomic E-state index is 0.0496. The molecule has 4 rings (SSSR count). The molecule has 0 radical (unpaired) electrons. The molecule has 1 aliphatic carbocycles. The van der Waals surface area contributed by atoms with Crippen molar-refractivity contribution in [2.75, 3.05) is 26.2 Å².